The van der Waals surface area contributed by atoms with Gasteiger partial charge in [0.2, 0.25) is 10.8 Å². The number of nitrogens with zero attached hydrogens (tertiary/aromatic N) is 6. The Morgan fingerprint density at radius 1 is 0.535 bits per heavy atom. The van der Waals surface area contributed by atoms with Crippen molar-refractivity contribution in [3.63, 3.8) is 0 Å². The molecule has 8 nitrogen and oxygen atoms in total. The fourth-order valence-electron chi connectivity index (χ4n) is 3.76. The van der Waals surface area contributed by atoms with Gasteiger partial charge in [0.1, 0.15) is 0 Å². The molecule has 0 aliphatic carbocycles. The first kappa shape index (κ1) is 43.9. The molecule has 4 aromatic carbocycles. The van der Waals surface area contributed by atoms with Crippen LogP contribution in [-0.4, -0.2) is 24.9 Å². The van der Waals surface area contributed by atoms with Gasteiger partial charge in [0.15, 0.2) is 9.95 Å². The second-order valence-electron chi connectivity index (χ2n) is 8.06. The van der Waals surface area contributed by atoms with Gasteiger partial charge < -0.3 is 59.4 Å². The predicted octanol–water partition coefficient (Wildman–Crippen LogP) is -4.31. The Morgan fingerprint density at radius 2 is 0.814 bits per heavy atom. The molecule has 0 aliphatic heterocycles. The Balaban J connectivity index is -0.000000667. The molecule has 0 aliphatic rings. The zero-order valence-electron chi connectivity index (χ0n) is 23.5. The van der Waals surface area contributed by atoms with Gasteiger partial charge >= 0.3 is 30.9 Å². The van der Waals surface area contributed by atoms with Crippen LogP contribution in [-0.2, 0) is 19.5 Å². The normalized spacial score (nSPS) is 8.56. The fraction of sp³-hybridized carbons (Fsp3) is 0.133. The summed E-state index contributed by atoms with van der Waals surface area (Å²) in [5.74, 6) is -0.0893. The van der Waals surface area contributed by atoms with E-state index >= 15 is 0 Å². The summed E-state index contributed by atoms with van der Waals surface area (Å²) in [4.78, 5) is 34.3. The standard InChI is InChI=1S/2C15H14N3O.4ClH.Zn/c2*1-2-18(14-10-8-13(17-16)9-11-14)15(19)12-6-4-3-5-7-12;;;;;/h2*3-11H,2H2,1H3;4*1H;/q2*+1;;;;;+2/p-4. The maximum atomic E-state index is 12.4. The van der Waals surface area contributed by atoms with Crippen molar-refractivity contribution in [2.75, 3.05) is 22.9 Å². The smallest absolute Gasteiger partial charge is 1.00 e. The number of halogens is 4. The van der Waals surface area contributed by atoms with E-state index in [1.165, 1.54) is 0 Å². The first-order valence-corrected chi connectivity index (χ1v) is 12.2. The number of anilines is 2. The van der Waals surface area contributed by atoms with E-state index in [2.05, 4.69) is 9.95 Å². The van der Waals surface area contributed by atoms with Gasteiger partial charge in [0.25, 0.3) is 11.8 Å². The van der Waals surface area contributed by atoms with E-state index in [-0.39, 0.29) is 80.9 Å². The molecule has 2 amide bonds. The van der Waals surface area contributed by atoms with Crippen LogP contribution in [0.5, 0.6) is 0 Å². The predicted molar refractivity (Wildman–Crippen MR) is 150 cm³/mol. The van der Waals surface area contributed by atoms with Gasteiger partial charge in [0.05, 0.1) is 0 Å². The molecule has 0 saturated heterocycles. The Hall–Kier alpha value is -3.56. The maximum absolute atomic E-state index is 12.4. The molecule has 4 rings (SSSR count). The number of hydrogen-bond acceptors (Lipinski definition) is 4. The largest absolute Gasteiger partial charge is 2.00 e. The molecule has 0 aromatic heterocycles. The monoisotopic (exact) mass is 708 g/mol. The zero-order chi connectivity index (χ0) is 27.3. The van der Waals surface area contributed by atoms with Crippen LogP contribution in [0.15, 0.2) is 109 Å². The molecule has 4 aromatic rings. The van der Waals surface area contributed by atoms with E-state index in [0.717, 1.165) is 11.4 Å². The number of carbonyl (C=O) groups excluding carboxylic acids is 2. The Labute approximate surface area is 289 Å². The third-order valence-corrected chi connectivity index (χ3v) is 5.72. The van der Waals surface area contributed by atoms with Crippen molar-refractivity contribution < 1.29 is 78.7 Å². The summed E-state index contributed by atoms with van der Waals surface area (Å²) in [7, 11) is 0. The van der Waals surface area contributed by atoms with Crippen molar-refractivity contribution in [2.45, 2.75) is 13.8 Å². The Bertz CT molecular complexity index is 1340. The van der Waals surface area contributed by atoms with E-state index in [4.69, 9.17) is 10.8 Å². The minimum absolute atomic E-state index is 0. The molecule has 0 unspecified atom stereocenters. The third kappa shape index (κ3) is 12.3. The zero-order valence-corrected chi connectivity index (χ0v) is 29.5. The van der Waals surface area contributed by atoms with Gasteiger partial charge in [0, 0.05) is 59.9 Å². The van der Waals surface area contributed by atoms with Crippen LogP contribution in [0.2, 0.25) is 0 Å². The molecule has 0 spiro atoms. The molecule has 0 radical (unpaired) electrons. The van der Waals surface area contributed by atoms with Crippen LogP contribution in [0.4, 0.5) is 22.7 Å². The third-order valence-electron chi connectivity index (χ3n) is 5.72. The van der Waals surface area contributed by atoms with E-state index in [9.17, 15) is 9.59 Å². The summed E-state index contributed by atoms with van der Waals surface area (Å²) in [5.41, 5.74) is 3.80. The molecule has 43 heavy (non-hydrogen) atoms. The second kappa shape index (κ2) is 23.0. The molecule has 220 valence electrons. The molecule has 0 bridgehead atoms. The van der Waals surface area contributed by atoms with Gasteiger partial charge in [-0.25, -0.2) is 0 Å². The van der Waals surface area contributed by atoms with Gasteiger partial charge in [-0.15, -0.1) is 0 Å². The fourth-order valence-corrected chi connectivity index (χ4v) is 3.76. The van der Waals surface area contributed by atoms with Crippen LogP contribution < -0.4 is 59.4 Å². The Kier molecular flexibility index (Phi) is 23.4. The summed E-state index contributed by atoms with van der Waals surface area (Å²) in [6.45, 7) is 4.99. The summed E-state index contributed by atoms with van der Waals surface area (Å²) in [6.07, 6.45) is 0. The molecule has 0 heterocycles. The van der Waals surface area contributed by atoms with Crippen molar-refractivity contribution in [3.8, 4) is 0 Å². The molecule has 0 N–H and O–H groups in total. The van der Waals surface area contributed by atoms with Gasteiger partial charge in [-0.05, 0) is 62.4 Å². The van der Waals surface area contributed by atoms with Crippen molar-refractivity contribution in [1.82, 2.24) is 0 Å². The van der Waals surface area contributed by atoms with Crippen molar-refractivity contribution >= 4 is 34.6 Å². The first-order chi connectivity index (χ1) is 18.5. The molecule has 0 saturated carbocycles. The summed E-state index contributed by atoms with van der Waals surface area (Å²) >= 11 is 0. The average molecular weight is 712 g/mol. The molecular formula is C30H28Cl4N6O2Zn. The van der Waals surface area contributed by atoms with E-state index in [1.54, 1.807) is 82.6 Å². The number of hydrogen-bond donors (Lipinski definition) is 0. The number of amides is 2. The van der Waals surface area contributed by atoms with Crippen molar-refractivity contribution in [3.05, 3.63) is 130 Å². The maximum Gasteiger partial charge on any atom is 2.00 e. The minimum atomic E-state index is -0.0446. The summed E-state index contributed by atoms with van der Waals surface area (Å²) < 4.78 is 0. The number of diazo groups is 2. The van der Waals surface area contributed by atoms with E-state index in [1.807, 2.05) is 50.2 Å². The summed E-state index contributed by atoms with van der Waals surface area (Å²) in [5, 5.41) is 17.3. The van der Waals surface area contributed by atoms with Crippen LogP contribution >= 0.6 is 0 Å². The second-order valence-corrected chi connectivity index (χ2v) is 8.06. The average Bonchev–Trinajstić information content (AvgIpc) is 2.99. The van der Waals surface area contributed by atoms with Crippen molar-refractivity contribution in [2.24, 2.45) is 0 Å². The quantitative estimate of drug-likeness (QED) is 0.150. The van der Waals surface area contributed by atoms with E-state index in [0.29, 0.717) is 35.6 Å². The van der Waals surface area contributed by atoms with Crippen molar-refractivity contribution in [1.29, 1.82) is 10.8 Å². The van der Waals surface area contributed by atoms with E-state index < -0.39 is 0 Å². The SMILES string of the molecule is CCN(C(=O)c1ccccc1)c1ccc([N+]#N)cc1.CCN(C(=O)c1ccccc1)c1ccc([N+]#N)cc1.[Cl-].[Cl-].[Cl-].[Cl-].[Zn+2]. The van der Waals surface area contributed by atoms with Gasteiger partial charge in [-0.3, -0.25) is 9.59 Å². The topological polar surface area (TPSA) is 96.9 Å². The number of carbonyl (C=O) groups is 2. The molecule has 13 heteroatoms. The molecule has 0 fully saturated rings. The van der Waals surface area contributed by atoms with Crippen LogP contribution in [0.3, 0.4) is 0 Å². The molecular weight excluding hydrogens is 684 g/mol. The molecule has 0 atom stereocenters. The van der Waals surface area contributed by atoms with Crippen LogP contribution in [0, 0.1) is 10.8 Å². The Morgan fingerprint density at radius 3 is 1.05 bits per heavy atom. The first-order valence-electron chi connectivity index (χ1n) is 12.2. The van der Waals surface area contributed by atoms with Crippen LogP contribution in [0.1, 0.15) is 34.6 Å². The number of benzene rings is 4. The van der Waals surface area contributed by atoms with Gasteiger partial charge in [-0.1, -0.05) is 36.4 Å². The minimum Gasteiger partial charge on any atom is -1.00 e. The number of rotatable bonds is 6. The van der Waals surface area contributed by atoms with Crippen LogP contribution in [0.25, 0.3) is 9.95 Å². The van der Waals surface area contributed by atoms with Gasteiger partial charge in [-0.2, -0.15) is 0 Å². The summed E-state index contributed by atoms with van der Waals surface area (Å²) in [6, 6.07) is 32.0.